The van der Waals surface area contributed by atoms with Crippen LogP contribution >= 0.6 is 0 Å². The van der Waals surface area contributed by atoms with Crippen molar-refractivity contribution in [2.24, 2.45) is 17.3 Å². The van der Waals surface area contributed by atoms with Crippen LogP contribution in [0.15, 0.2) is 48.5 Å². The topological polar surface area (TPSA) is 55.0 Å². The Morgan fingerprint density at radius 1 is 1.07 bits per heavy atom. The Hall–Kier alpha value is -2.62. The minimum atomic E-state index is -0.318. The molecule has 7 rings (SSSR count). The third-order valence-corrected chi connectivity index (χ3v) is 7.94. The fraction of sp³-hybridized carbons (Fsp3) is 0.462. The number of aromatic nitrogens is 2. The number of carbonyl (C=O) groups is 1. The van der Waals surface area contributed by atoms with E-state index < -0.39 is 0 Å². The predicted molar refractivity (Wildman–Crippen MR) is 116 cm³/mol. The molecule has 4 bridgehead atoms. The van der Waals surface area contributed by atoms with Gasteiger partial charge in [-0.15, -0.1) is 0 Å². The van der Waals surface area contributed by atoms with Crippen molar-refractivity contribution in [2.75, 3.05) is 0 Å². The summed E-state index contributed by atoms with van der Waals surface area (Å²) in [7, 11) is 0. The lowest BCUT2D eigenvalue weighted by Gasteiger charge is -2.61. The molecule has 4 aliphatic carbocycles. The van der Waals surface area contributed by atoms with Crippen LogP contribution in [0.4, 0.5) is 0 Å². The van der Waals surface area contributed by atoms with Gasteiger partial charge in [0.15, 0.2) is 0 Å². The molecule has 0 amide bonds. The van der Waals surface area contributed by atoms with Gasteiger partial charge in [0.05, 0.1) is 16.4 Å². The molecular weight excluding hydrogens is 372 g/mol. The van der Waals surface area contributed by atoms with Gasteiger partial charge in [-0.2, -0.15) is 0 Å². The Bertz CT molecular complexity index is 1070. The Morgan fingerprint density at radius 2 is 1.80 bits per heavy atom. The molecule has 4 saturated carbocycles. The second kappa shape index (κ2) is 6.44. The highest BCUT2D eigenvalue weighted by molar-refractivity contribution is 5.78. The van der Waals surface area contributed by atoms with Crippen molar-refractivity contribution in [3.63, 3.8) is 0 Å². The molecule has 30 heavy (non-hydrogen) atoms. The molecule has 3 aromatic rings. The number of hydrogen-bond acceptors (Lipinski definition) is 3. The summed E-state index contributed by atoms with van der Waals surface area (Å²) >= 11 is 0. The molecule has 4 fully saturated rings. The summed E-state index contributed by atoms with van der Waals surface area (Å²) in [6.07, 6.45) is 6.67. The van der Waals surface area contributed by atoms with Crippen molar-refractivity contribution >= 4 is 17.0 Å². The van der Waals surface area contributed by atoms with Crippen molar-refractivity contribution in [3.05, 3.63) is 65.5 Å². The molecule has 1 aromatic heterocycles. The first-order valence-electron chi connectivity index (χ1n) is 11.2. The van der Waals surface area contributed by atoms with Crippen molar-refractivity contribution in [2.45, 2.75) is 57.5 Å². The highest BCUT2D eigenvalue weighted by Gasteiger charge is 2.61. The minimum Gasteiger partial charge on any atom is -0.457 e. The van der Waals surface area contributed by atoms with Crippen molar-refractivity contribution in [1.29, 1.82) is 0 Å². The van der Waals surface area contributed by atoms with Crippen molar-refractivity contribution in [3.8, 4) is 0 Å². The first-order chi connectivity index (χ1) is 14.5. The van der Waals surface area contributed by atoms with Gasteiger partial charge < -0.3 is 9.72 Å². The average Bonchev–Trinajstić information content (AvgIpc) is 3.14. The number of imidazole rings is 1. The number of ether oxygens (including phenoxy) is 1. The summed E-state index contributed by atoms with van der Waals surface area (Å²) in [5.41, 5.74) is 4.45. The van der Waals surface area contributed by atoms with Gasteiger partial charge in [-0.05, 0) is 80.4 Å². The van der Waals surface area contributed by atoms with E-state index in [4.69, 9.17) is 4.74 Å². The van der Waals surface area contributed by atoms with E-state index in [1.54, 1.807) is 0 Å². The van der Waals surface area contributed by atoms with Gasteiger partial charge in [0.1, 0.15) is 12.4 Å². The molecule has 1 N–H and O–H groups in total. The molecule has 0 spiro atoms. The van der Waals surface area contributed by atoms with Crippen LogP contribution in [0.1, 0.15) is 55.5 Å². The minimum absolute atomic E-state index is 0.00598. The number of benzene rings is 2. The second-order valence-corrected chi connectivity index (χ2v) is 10.2. The van der Waals surface area contributed by atoms with Crippen LogP contribution in [-0.2, 0) is 21.6 Å². The molecule has 0 aliphatic heterocycles. The van der Waals surface area contributed by atoms with E-state index in [2.05, 4.69) is 41.2 Å². The average molecular weight is 401 g/mol. The summed E-state index contributed by atoms with van der Waals surface area (Å²) in [6, 6.07) is 17.0. The van der Waals surface area contributed by atoms with E-state index in [1.165, 1.54) is 30.4 Å². The van der Waals surface area contributed by atoms with Crippen molar-refractivity contribution in [1.82, 2.24) is 9.97 Å². The van der Waals surface area contributed by atoms with E-state index in [1.807, 2.05) is 24.3 Å². The number of para-hydroxylation sites is 2. The lowest BCUT2D eigenvalue weighted by molar-refractivity contribution is -0.175. The summed E-state index contributed by atoms with van der Waals surface area (Å²) < 4.78 is 5.91. The van der Waals surface area contributed by atoms with Crippen LogP contribution in [0.5, 0.6) is 0 Å². The van der Waals surface area contributed by atoms with Crippen LogP contribution in [0, 0.1) is 24.2 Å². The SMILES string of the molecule is Cc1ccc(C23C[C@H]4C[C@@H](CC(C(=O)OCc5nc6ccccc6[nH]5)(C4)C2)C3)cc1. The number of aromatic amines is 1. The van der Waals surface area contributed by atoms with Crippen LogP contribution in [0.3, 0.4) is 0 Å². The first kappa shape index (κ1) is 18.2. The summed E-state index contributed by atoms with van der Waals surface area (Å²) in [5.74, 6) is 2.01. The molecule has 154 valence electrons. The van der Waals surface area contributed by atoms with Crippen LogP contribution in [-0.4, -0.2) is 15.9 Å². The summed E-state index contributed by atoms with van der Waals surface area (Å²) in [4.78, 5) is 21.3. The van der Waals surface area contributed by atoms with Gasteiger partial charge in [0.25, 0.3) is 0 Å². The molecule has 4 aliphatic rings. The summed E-state index contributed by atoms with van der Waals surface area (Å²) in [6.45, 7) is 2.36. The fourth-order valence-electron chi connectivity index (χ4n) is 7.11. The van der Waals surface area contributed by atoms with E-state index in [-0.39, 0.29) is 23.4 Å². The Balaban J connectivity index is 1.25. The smallest absolute Gasteiger partial charge is 0.312 e. The molecule has 1 heterocycles. The second-order valence-electron chi connectivity index (χ2n) is 10.2. The van der Waals surface area contributed by atoms with Crippen LogP contribution < -0.4 is 0 Å². The third-order valence-electron chi connectivity index (χ3n) is 7.94. The molecule has 0 radical (unpaired) electrons. The number of nitrogens with zero attached hydrogens (tertiary/aromatic N) is 1. The largest absolute Gasteiger partial charge is 0.457 e. The van der Waals surface area contributed by atoms with E-state index in [0.29, 0.717) is 11.8 Å². The Kier molecular flexibility index (Phi) is 3.90. The van der Waals surface area contributed by atoms with Gasteiger partial charge in [-0.1, -0.05) is 42.0 Å². The maximum absolute atomic E-state index is 13.4. The zero-order chi connectivity index (χ0) is 20.3. The molecule has 4 nitrogen and oxygen atoms in total. The Morgan fingerprint density at radius 3 is 2.53 bits per heavy atom. The highest BCUT2D eigenvalue weighted by atomic mass is 16.5. The zero-order valence-electron chi connectivity index (χ0n) is 17.5. The number of aryl methyl sites for hydroxylation is 1. The number of carbonyl (C=O) groups excluding carboxylic acids is 1. The van der Waals surface area contributed by atoms with Gasteiger partial charge in [-0.25, -0.2) is 4.98 Å². The van der Waals surface area contributed by atoms with E-state index in [0.717, 1.165) is 36.1 Å². The lowest BCUT2D eigenvalue weighted by Crippen LogP contribution is -2.57. The predicted octanol–water partition coefficient (Wildman–Crippen LogP) is 5.45. The number of H-pyrrole nitrogens is 1. The maximum Gasteiger partial charge on any atom is 0.312 e. The standard InChI is InChI=1S/C26H28N2O2/c1-17-6-8-20(9-7-17)25-11-18-10-19(12-25)14-26(13-18,16-25)24(29)30-15-23-27-21-4-2-3-5-22(21)28-23/h2-9,18-19H,10-16H2,1H3,(H,27,28)/t18-,19-,25?,26?/m1/s1. The van der Waals surface area contributed by atoms with Crippen LogP contribution in [0.2, 0.25) is 0 Å². The molecular formula is C26H28N2O2. The zero-order valence-corrected chi connectivity index (χ0v) is 17.5. The highest BCUT2D eigenvalue weighted by Crippen LogP contribution is 2.66. The quantitative estimate of drug-likeness (QED) is 0.592. The van der Waals surface area contributed by atoms with Gasteiger partial charge >= 0.3 is 5.97 Å². The maximum atomic E-state index is 13.4. The number of rotatable bonds is 4. The Labute approximate surface area is 177 Å². The molecule has 0 saturated heterocycles. The molecule has 0 unspecified atom stereocenters. The molecule has 2 atom stereocenters. The van der Waals surface area contributed by atoms with Gasteiger partial charge in [0.2, 0.25) is 0 Å². The number of fused-ring (bicyclic) bond motifs is 1. The van der Waals surface area contributed by atoms with Gasteiger partial charge in [0, 0.05) is 0 Å². The van der Waals surface area contributed by atoms with E-state index in [9.17, 15) is 4.79 Å². The number of hydrogen-bond donors (Lipinski definition) is 1. The van der Waals surface area contributed by atoms with E-state index >= 15 is 0 Å². The summed E-state index contributed by atoms with van der Waals surface area (Å²) in [5, 5.41) is 0. The van der Waals surface area contributed by atoms with Crippen molar-refractivity contribution < 1.29 is 9.53 Å². The van der Waals surface area contributed by atoms with Gasteiger partial charge in [-0.3, -0.25) is 4.79 Å². The normalized spacial score (nSPS) is 31.9. The number of nitrogens with one attached hydrogen (secondary N) is 1. The molecule has 4 heteroatoms. The fourth-order valence-corrected chi connectivity index (χ4v) is 7.11. The lowest BCUT2D eigenvalue weighted by atomic mass is 9.43. The molecule has 2 aromatic carbocycles. The first-order valence-corrected chi connectivity index (χ1v) is 11.2. The third kappa shape index (κ3) is 2.80. The monoisotopic (exact) mass is 400 g/mol. The van der Waals surface area contributed by atoms with Crippen LogP contribution in [0.25, 0.3) is 11.0 Å². The number of esters is 1.